The quantitative estimate of drug-likeness (QED) is 0.0761. The molecule has 12 rings (SSSR count). The van der Waals surface area contributed by atoms with Crippen molar-refractivity contribution in [3.63, 3.8) is 0 Å². The molecular formula is C58H70N14O8. The number of ether oxygens (including phenoxy) is 4. The number of carbonyl (C=O) groups is 4. The molecule has 0 bridgehead atoms. The van der Waals surface area contributed by atoms with Gasteiger partial charge in [0.05, 0.1) is 84.7 Å². The molecule has 22 heteroatoms. The van der Waals surface area contributed by atoms with Crippen molar-refractivity contribution >= 4 is 35.0 Å². The van der Waals surface area contributed by atoms with Gasteiger partial charge in [-0.3, -0.25) is 50.2 Å². The molecular weight excluding hydrogens is 1020 g/mol. The summed E-state index contributed by atoms with van der Waals surface area (Å²) in [7, 11) is 3.49. The van der Waals surface area contributed by atoms with Gasteiger partial charge in [0.15, 0.2) is 11.6 Å². The number of ketones is 2. The van der Waals surface area contributed by atoms with Crippen LogP contribution in [0.4, 0.5) is 21.0 Å². The molecule has 22 nitrogen and oxygen atoms in total. The van der Waals surface area contributed by atoms with Crippen molar-refractivity contribution in [2.45, 2.75) is 13.1 Å². The van der Waals surface area contributed by atoms with Gasteiger partial charge in [-0.25, -0.2) is 19.6 Å². The Morgan fingerprint density at radius 1 is 0.500 bits per heavy atom. The van der Waals surface area contributed by atoms with Crippen molar-refractivity contribution < 1.29 is 38.1 Å². The summed E-state index contributed by atoms with van der Waals surface area (Å²) in [5.74, 6) is -0.294. The van der Waals surface area contributed by atoms with Crippen LogP contribution in [0.1, 0.15) is 43.0 Å². The summed E-state index contributed by atoms with van der Waals surface area (Å²) in [6.07, 6.45) is 0. The summed E-state index contributed by atoms with van der Waals surface area (Å²) in [5.41, 5.74) is 17.0. The van der Waals surface area contributed by atoms with E-state index < -0.39 is 0 Å². The Kier molecular flexibility index (Phi) is 17.4. The van der Waals surface area contributed by atoms with E-state index in [1.807, 2.05) is 48.5 Å². The fraction of sp³-hybridized carbons (Fsp3) is 0.414. The first-order valence-electron chi connectivity index (χ1n) is 27.6. The van der Waals surface area contributed by atoms with Gasteiger partial charge in [0, 0.05) is 141 Å². The van der Waals surface area contributed by atoms with Gasteiger partial charge < -0.3 is 29.6 Å². The third kappa shape index (κ3) is 12.4. The molecule has 4 aliphatic heterocycles. The highest BCUT2D eigenvalue weighted by Gasteiger charge is 2.37. The predicted octanol–water partition coefficient (Wildman–Crippen LogP) is 4.84. The zero-order chi connectivity index (χ0) is 55.0. The van der Waals surface area contributed by atoms with Crippen LogP contribution in [-0.2, 0) is 32.0 Å². The average Bonchev–Trinajstić information content (AvgIpc) is 4.32. The number of urea groups is 2. The molecule has 4 amide bonds. The zero-order valence-electron chi connectivity index (χ0n) is 45.5. The lowest BCUT2D eigenvalue weighted by atomic mass is 10.0. The van der Waals surface area contributed by atoms with Crippen molar-refractivity contribution in [3.8, 4) is 45.0 Å². The molecule has 0 spiro atoms. The zero-order valence-corrected chi connectivity index (χ0v) is 45.5. The second kappa shape index (κ2) is 25.5. The standard InChI is InChI=1S/2C29H35N7O4/c2*1-39-16-13-34-9-11-35(12-10-34)19-20-5-7-21(8-6-20)26-25-27(32-31-26)22-3-2-4-23(24(22)28(25)37)30-29(38)33-36-14-17-40-18-15-36/h2*2-8H,9-19H2,1H3,(H,31,32)(H2,30,33,38). The van der Waals surface area contributed by atoms with Crippen LogP contribution in [0.3, 0.4) is 0 Å². The van der Waals surface area contributed by atoms with Gasteiger partial charge in [0.1, 0.15) is 11.4 Å². The number of fused-ring (bicyclic) bond motifs is 6. The number of hydrogen-bond donors (Lipinski definition) is 6. The number of aromatic nitrogens is 4. The summed E-state index contributed by atoms with van der Waals surface area (Å²) in [6.45, 7) is 18.4. The van der Waals surface area contributed by atoms with Crippen LogP contribution in [-0.4, -0.2) is 219 Å². The molecule has 2 aromatic heterocycles. The highest BCUT2D eigenvalue weighted by atomic mass is 16.5. The lowest BCUT2D eigenvalue weighted by Gasteiger charge is -2.34. The van der Waals surface area contributed by atoms with Gasteiger partial charge in [-0.2, -0.15) is 10.2 Å². The highest BCUT2D eigenvalue weighted by Crippen LogP contribution is 2.44. The minimum Gasteiger partial charge on any atom is -0.383 e. The Morgan fingerprint density at radius 2 is 0.875 bits per heavy atom. The van der Waals surface area contributed by atoms with Crippen molar-refractivity contribution in [1.29, 1.82) is 0 Å². The van der Waals surface area contributed by atoms with E-state index in [1.54, 1.807) is 36.4 Å². The molecule has 6 heterocycles. The van der Waals surface area contributed by atoms with Crippen LogP contribution in [0.2, 0.25) is 0 Å². The monoisotopic (exact) mass is 1090 g/mol. The van der Waals surface area contributed by atoms with Crippen molar-refractivity contribution in [3.05, 3.63) is 118 Å². The average molecular weight is 1090 g/mol. The first-order valence-corrected chi connectivity index (χ1v) is 27.6. The molecule has 0 saturated carbocycles. The minimum atomic E-state index is -0.385. The van der Waals surface area contributed by atoms with E-state index in [0.717, 1.165) is 114 Å². The maximum absolute atomic E-state index is 13.7. The highest BCUT2D eigenvalue weighted by molar-refractivity contribution is 6.28. The predicted molar refractivity (Wildman–Crippen MR) is 302 cm³/mol. The molecule has 4 aromatic carbocycles. The number of aromatic amines is 2. The van der Waals surface area contributed by atoms with Crippen molar-refractivity contribution in [2.24, 2.45) is 0 Å². The van der Waals surface area contributed by atoms with Crippen LogP contribution in [0.15, 0.2) is 84.9 Å². The second-order valence-electron chi connectivity index (χ2n) is 20.7. The smallest absolute Gasteiger partial charge is 0.333 e. The number of amides is 4. The molecule has 420 valence electrons. The number of hydrazine groups is 2. The number of rotatable bonds is 16. The van der Waals surface area contributed by atoms with E-state index in [2.05, 4.69) is 85.7 Å². The molecule has 0 atom stereocenters. The number of piperazine rings is 2. The summed E-state index contributed by atoms with van der Waals surface area (Å²) in [4.78, 5) is 62.5. The van der Waals surface area contributed by atoms with E-state index in [-0.39, 0.29) is 23.6 Å². The van der Waals surface area contributed by atoms with Crippen LogP contribution < -0.4 is 21.5 Å². The first kappa shape index (κ1) is 54.7. The Hall–Kier alpha value is -7.22. The van der Waals surface area contributed by atoms with E-state index in [9.17, 15) is 19.2 Å². The Labute approximate surface area is 464 Å². The number of methoxy groups -OCH3 is 2. The molecule has 4 saturated heterocycles. The number of carbonyl (C=O) groups excluding carboxylic acids is 4. The maximum Gasteiger partial charge on any atom is 0.333 e. The van der Waals surface area contributed by atoms with E-state index in [1.165, 1.54) is 11.1 Å². The normalized spacial score (nSPS) is 18.0. The SMILES string of the molecule is COCCN1CCN(Cc2ccc(-c3n[nH]c4c3C(=O)c3c(NC(=O)NN5CCOCC5)cccc3-4)cc2)CC1.COCCN1CCN(Cc2ccc(-c3n[nH]c4c3C(=O)c3c(NC(=O)NN5CCOCC5)cccc3-4)cc2)CC1. The maximum atomic E-state index is 13.7. The topological polar surface area (TPSA) is 230 Å². The molecule has 4 fully saturated rings. The summed E-state index contributed by atoms with van der Waals surface area (Å²) < 4.78 is 21.1. The first-order chi connectivity index (χ1) is 39.2. The molecule has 80 heavy (non-hydrogen) atoms. The minimum absolute atomic E-state index is 0.147. The largest absolute Gasteiger partial charge is 0.383 e. The van der Waals surface area contributed by atoms with Gasteiger partial charge >= 0.3 is 12.1 Å². The molecule has 6 aromatic rings. The van der Waals surface area contributed by atoms with Crippen LogP contribution >= 0.6 is 0 Å². The molecule has 2 aliphatic carbocycles. The number of benzene rings is 4. The Bertz CT molecular complexity index is 2930. The lowest BCUT2D eigenvalue weighted by molar-refractivity contribution is 0.0206. The molecule has 0 radical (unpaired) electrons. The van der Waals surface area contributed by atoms with E-state index >= 15 is 0 Å². The third-order valence-electron chi connectivity index (χ3n) is 15.6. The molecule has 6 aliphatic rings. The number of nitrogens with one attached hydrogen (secondary N) is 6. The lowest BCUT2D eigenvalue weighted by Crippen LogP contribution is -2.49. The number of H-pyrrole nitrogens is 2. The van der Waals surface area contributed by atoms with Crippen molar-refractivity contribution in [1.82, 2.24) is 60.9 Å². The van der Waals surface area contributed by atoms with Gasteiger partial charge in [-0.15, -0.1) is 0 Å². The Balaban J connectivity index is 0.000000169. The van der Waals surface area contributed by atoms with Gasteiger partial charge in [0.2, 0.25) is 0 Å². The second-order valence-corrected chi connectivity index (χ2v) is 20.7. The van der Waals surface area contributed by atoms with E-state index in [0.29, 0.717) is 109 Å². The number of morpholine rings is 2. The fourth-order valence-electron chi connectivity index (χ4n) is 11.2. The number of hydrogen-bond acceptors (Lipinski definition) is 16. The van der Waals surface area contributed by atoms with Crippen LogP contribution in [0.25, 0.3) is 45.0 Å². The van der Waals surface area contributed by atoms with Gasteiger partial charge in [-0.1, -0.05) is 72.8 Å². The number of anilines is 2. The van der Waals surface area contributed by atoms with Crippen LogP contribution in [0, 0.1) is 0 Å². The van der Waals surface area contributed by atoms with Crippen molar-refractivity contribution in [2.75, 3.05) is 156 Å². The molecule has 0 unspecified atom stereocenters. The number of nitrogens with zero attached hydrogens (tertiary/aromatic N) is 8. The van der Waals surface area contributed by atoms with Gasteiger partial charge in [-0.05, 0) is 23.3 Å². The summed E-state index contributed by atoms with van der Waals surface area (Å²) in [6, 6.07) is 26.7. The van der Waals surface area contributed by atoms with Gasteiger partial charge in [0.25, 0.3) is 0 Å². The fourth-order valence-corrected chi connectivity index (χ4v) is 11.2. The molecule has 6 N–H and O–H groups in total. The Morgan fingerprint density at radius 3 is 1.25 bits per heavy atom. The van der Waals surface area contributed by atoms with E-state index in [4.69, 9.17) is 18.9 Å². The third-order valence-corrected chi connectivity index (χ3v) is 15.6. The summed E-state index contributed by atoms with van der Waals surface area (Å²) in [5, 5.41) is 24.5. The summed E-state index contributed by atoms with van der Waals surface area (Å²) >= 11 is 0. The van der Waals surface area contributed by atoms with Crippen LogP contribution in [0.5, 0.6) is 0 Å².